The lowest BCUT2D eigenvalue weighted by Crippen LogP contribution is -2.56. The van der Waals surface area contributed by atoms with Gasteiger partial charge in [0, 0.05) is 19.1 Å². The summed E-state index contributed by atoms with van der Waals surface area (Å²) in [6.07, 6.45) is 0.0706. The first-order valence-corrected chi connectivity index (χ1v) is 6.19. The summed E-state index contributed by atoms with van der Waals surface area (Å²) in [5.74, 6) is -0.0747. The van der Waals surface area contributed by atoms with Crippen LogP contribution in [0.15, 0.2) is 0 Å². The van der Waals surface area contributed by atoms with Crippen LogP contribution in [0.3, 0.4) is 0 Å². The van der Waals surface area contributed by atoms with E-state index in [1.807, 2.05) is 25.7 Å². The second-order valence-electron chi connectivity index (χ2n) is 5.71. The molecule has 98 valence electrons. The standard InChI is InChI=1S/C12H22N2O3/c1-8-4-14(7-12(2,3)17-8)11(15)9-5-16-6-10(9)13/h8-10H,4-7,13H2,1-3H3. The van der Waals surface area contributed by atoms with E-state index >= 15 is 0 Å². The highest BCUT2D eigenvalue weighted by Gasteiger charge is 2.39. The van der Waals surface area contributed by atoms with Crippen LogP contribution in [-0.4, -0.2) is 54.9 Å². The lowest BCUT2D eigenvalue weighted by molar-refractivity contribution is -0.161. The van der Waals surface area contributed by atoms with Crippen molar-refractivity contribution in [2.75, 3.05) is 26.3 Å². The molecule has 2 saturated heterocycles. The molecule has 2 rings (SSSR count). The lowest BCUT2D eigenvalue weighted by Gasteiger charge is -2.42. The molecular formula is C12H22N2O3. The van der Waals surface area contributed by atoms with Crippen LogP contribution in [0.1, 0.15) is 20.8 Å². The van der Waals surface area contributed by atoms with E-state index in [0.717, 1.165) is 0 Å². The summed E-state index contributed by atoms with van der Waals surface area (Å²) < 4.78 is 11.0. The molecule has 17 heavy (non-hydrogen) atoms. The summed E-state index contributed by atoms with van der Waals surface area (Å²) >= 11 is 0. The largest absolute Gasteiger partial charge is 0.379 e. The van der Waals surface area contributed by atoms with Crippen LogP contribution in [0.5, 0.6) is 0 Å². The van der Waals surface area contributed by atoms with Crippen molar-refractivity contribution in [1.29, 1.82) is 0 Å². The summed E-state index contributed by atoms with van der Waals surface area (Å²) in [6.45, 7) is 8.21. The van der Waals surface area contributed by atoms with Gasteiger partial charge >= 0.3 is 0 Å². The van der Waals surface area contributed by atoms with Gasteiger partial charge in [0.05, 0.1) is 30.8 Å². The lowest BCUT2D eigenvalue weighted by atomic mass is 9.99. The van der Waals surface area contributed by atoms with Gasteiger partial charge in [0.15, 0.2) is 0 Å². The molecule has 0 aromatic carbocycles. The number of carbonyl (C=O) groups excluding carboxylic acids is 1. The zero-order valence-electron chi connectivity index (χ0n) is 10.8. The molecule has 0 spiro atoms. The van der Waals surface area contributed by atoms with Crippen molar-refractivity contribution >= 4 is 5.91 Å². The number of morpholine rings is 1. The van der Waals surface area contributed by atoms with E-state index < -0.39 is 0 Å². The van der Waals surface area contributed by atoms with Crippen LogP contribution >= 0.6 is 0 Å². The molecule has 0 saturated carbocycles. The third-order valence-corrected chi connectivity index (χ3v) is 3.32. The number of nitrogens with zero attached hydrogens (tertiary/aromatic N) is 1. The Morgan fingerprint density at radius 3 is 2.65 bits per heavy atom. The van der Waals surface area contributed by atoms with Crippen molar-refractivity contribution in [3.63, 3.8) is 0 Å². The molecule has 2 N–H and O–H groups in total. The van der Waals surface area contributed by atoms with Gasteiger partial charge in [-0.25, -0.2) is 0 Å². The van der Waals surface area contributed by atoms with Crippen LogP contribution in [-0.2, 0) is 14.3 Å². The number of ether oxygens (including phenoxy) is 2. The van der Waals surface area contributed by atoms with Crippen LogP contribution in [0.25, 0.3) is 0 Å². The van der Waals surface area contributed by atoms with Crippen molar-refractivity contribution in [2.45, 2.75) is 38.5 Å². The first-order valence-electron chi connectivity index (χ1n) is 6.19. The Labute approximate surface area is 102 Å². The van der Waals surface area contributed by atoms with Crippen molar-refractivity contribution in [2.24, 2.45) is 11.7 Å². The number of amides is 1. The highest BCUT2D eigenvalue weighted by Crippen LogP contribution is 2.24. The molecule has 2 aliphatic rings. The smallest absolute Gasteiger partial charge is 0.229 e. The monoisotopic (exact) mass is 242 g/mol. The molecule has 2 heterocycles. The maximum atomic E-state index is 12.4. The number of hydrogen-bond acceptors (Lipinski definition) is 4. The molecule has 0 aliphatic carbocycles. The van der Waals surface area contributed by atoms with Crippen LogP contribution in [0.4, 0.5) is 0 Å². The first kappa shape index (κ1) is 12.8. The number of carbonyl (C=O) groups is 1. The molecule has 1 amide bonds. The van der Waals surface area contributed by atoms with Gasteiger partial charge in [-0.05, 0) is 20.8 Å². The summed E-state index contributed by atoms with van der Waals surface area (Å²) in [6, 6.07) is -0.163. The fourth-order valence-corrected chi connectivity index (χ4v) is 2.68. The van der Waals surface area contributed by atoms with Crippen molar-refractivity contribution in [3.8, 4) is 0 Å². The molecular weight excluding hydrogens is 220 g/mol. The molecule has 3 atom stereocenters. The Balaban J connectivity index is 2.03. The Bertz CT molecular complexity index is 306. The van der Waals surface area contributed by atoms with Crippen LogP contribution in [0.2, 0.25) is 0 Å². The average molecular weight is 242 g/mol. The second-order valence-corrected chi connectivity index (χ2v) is 5.71. The molecule has 5 nitrogen and oxygen atoms in total. The predicted molar refractivity (Wildman–Crippen MR) is 63.5 cm³/mol. The summed E-state index contributed by atoms with van der Waals surface area (Å²) in [5, 5.41) is 0. The zero-order valence-corrected chi connectivity index (χ0v) is 10.8. The highest BCUT2D eigenvalue weighted by atomic mass is 16.5. The molecule has 5 heteroatoms. The van der Waals surface area contributed by atoms with Crippen molar-refractivity contribution in [3.05, 3.63) is 0 Å². The van der Waals surface area contributed by atoms with E-state index in [2.05, 4.69) is 0 Å². The minimum absolute atomic E-state index is 0.0706. The van der Waals surface area contributed by atoms with Crippen LogP contribution in [0, 0.1) is 5.92 Å². The first-order chi connectivity index (χ1) is 7.89. The Hall–Kier alpha value is -0.650. The highest BCUT2D eigenvalue weighted by molar-refractivity contribution is 5.80. The van der Waals surface area contributed by atoms with Crippen molar-refractivity contribution < 1.29 is 14.3 Å². The third kappa shape index (κ3) is 2.78. The fourth-order valence-electron chi connectivity index (χ4n) is 2.68. The van der Waals surface area contributed by atoms with E-state index in [4.69, 9.17) is 15.2 Å². The quantitative estimate of drug-likeness (QED) is 0.702. The molecule has 0 aromatic heterocycles. The van der Waals surface area contributed by atoms with Crippen LogP contribution < -0.4 is 5.73 Å². The van der Waals surface area contributed by atoms with Gasteiger partial charge < -0.3 is 20.1 Å². The van der Waals surface area contributed by atoms with Gasteiger partial charge in [0.2, 0.25) is 5.91 Å². The number of nitrogens with two attached hydrogens (primary N) is 1. The molecule has 2 aliphatic heterocycles. The molecule has 0 aromatic rings. The molecule has 2 fully saturated rings. The van der Waals surface area contributed by atoms with E-state index in [1.165, 1.54) is 0 Å². The molecule has 3 unspecified atom stereocenters. The number of hydrogen-bond donors (Lipinski definition) is 1. The van der Waals surface area contributed by atoms with Gasteiger partial charge in [-0.15, -0.1) is 0 Å². The van der Waals surface area contributed by atoms with Gasteiger partial charge in [0.25, 0.3) is 0 Å². The number of rotatable bonds is 1. The van der Waals surface area contributed by atoms with Gasteiger partial charge in [-0.3, -0.25) is 4.79 Å². The maximum Gasteiger partial charge on any atom is 0.229 e. The molecule has 0 bridgehead atoms. The van der Waals surface area contributed by atoms with Gasteiger partial charge in [0.1, 0.15) is 0 Å². The minimum Gasteiger partial charge on any atom is -0.379 e. The second kappa shape index (κ2) is 4.55. The minimum atomic E-state index is -0.281. The van der Waals surface area contributed by atoms with E-state index in [9.17, 15) is 4.79 Å². The Morgan fingerprint density at radius 1 is 1.41 bits per heavy atom. The maximum absolute atomic E-state index is 12.4. The van der Waals surface area contributed by atoms with Gasteiger partial charge in [-0.1, -0.05) is 0 Å². The van der Waals surface area contributed by atoms with E-state index in [-0.39, 0.29) is 29.6 Å². The average Bonchev–Trinajstić information content (AvgIpc) is 2.60. The zero-order chi connectivity index (χ0) is 12.6. The SMILES string of the molecule is CC1CN(C(=O)C2COCC2N)CC(C)(C)O1. The Kier molecular flexibility index (Phi) is 3.43. The fraction of sp³-hybridized carbons (Fsp3) is 0.917. The van der Waals surface area contributed by atoms with Gasteiger partial charge in [-0.2, -0.15) is 0 Å². The summed E-state index contributed by atoms with van der Waals surface area (Å²) in [5.41, 5.74) is 5.60. The predicted octanol–water partition coefficient (Wildman–Crippen LogP) is -0.0140. The Morgan fingerprint density at radius 2 is 2.12 bits per heavy atom. The van der Waals surface area contributed by atoms with E-state index in [1.54, 1.807) is 0 Å². The van der Waals surface area contributed by atoms with E-state index in [0.29, 0.717) is 26.3 Å². The third-order valence-electron chi connectivity index (χ3n) is 3.32. The molecule has 0 radical (unpaired) electrons. The van der Waals surface area contributed by atoms with Crippen molar-refractivity contribution in [1.82, 2.24) is 4.90 Å². The normalized spacial score (nSPS) is 37.2. The topological polar surface area (TPSA) is 64.8 Å². The summed E-state index contributed by atoms with van der Waals surface area (Å²) in [4.78, 5) is 14.2. The summed E-state index contributed by atoms with van der Waals surface area (Å²) in [7, 11) is 0.